The maximum atomic E-state index is 2.30. The van der Waals surface area contributed by atoms with Crippen LogP contribution in [0.1, 0.15) is 37.8 Å². The highest BCUT2D eigenvalue weighted by atomic mass is 14.4. The molecule has 0 bridgehead atoms. The van der Waals surface area contributed by atoms with Crippen molar-refractivity contribution in [1.82, 2.24) is 0 Å². The molecule has 0 atom stereocenters. The first-order valence-electron chi connectivity index (χ1n) is 4.19. The van der Waals surface area contributed by atoms with Crippen LogP contribution < -0.4 is 0 Å². The van der Waals surface area contributed by atoms with Crippen molar-refractivity contribution in [2.24, 2.45) is 5.41 Å². The van der Waals surface area contributed by atoms with Crippen molar-refractivity contribution in [3.05, 3.63) is 35.4 Å². The third-order valence-corrected chi connectivity index (χ3v) is 2.40. The van der Waals surface area contributed by atoms with Crippen molar-refractivity contribution in [3.8, 4) is 0 Å². The van der Waals surface area contributed by atoms with Gasteiger partial charge in [0.2, 0.25) is 0 Å². The Bertz CT molecular complexity index is 255. The lowest BCUT2D eigenvalue weighted by molar-refractivity contribution is 0.400. The topological polar surface area (TPSA) is 0 Å². The minimum Gasteiger partial charge on any atom is -0.0620 e. The Morgan fingerprint density at radius 2 is 1.45 bits per heavy atom. The molecule has 0 spiro atoms. The van der Waals surface area contributed by atoms with Gasteiger partial charge in [0.15, 0.2) is 0 Å². The Kier molecular flexibility index (Phi) is 1.18. The summed E-state index contributed by atoms with van der Waals surface area (Å²) in [6.07, 6.45) is 0. The van der Waals surface area contributed by atoms with Crippen LogP contribution in [0.25, 0.3) is 0 Å². The largest absolute Gasteiger partial charge is 0.0620 e. The van der Waals surface area contributed by atoms with E-state index in [0.717, 1.165) is 5.92 Å². The van der Waals surface area contributed by atoms with E-state index < -0.39 is 0 Å². The van der Waals surface area contributed by atoms with Crippen molar-refractivity contribution in [2.45, 2.75) is 26.7 Å². The van der Waals surface area contributed by atoms with Crippen LogP contribution in [0, 0.1) is 5.41 Å². The van der Waals surface area contributed by atoms with Crippen LogP contribution in [-0.4, -0.2) is 0 Å². The summed E-state index contributed by atoms with van der Waals surface area (Å²) < 4.78 is 0. The van der Waals surface area contributed by atoms with Crippen molar-refractivity contribution < 1.29 is 0 Å². The van der Waals surface area contributed by atoms with E-state index >= 15 is 0 Å². The molecule has 0 unspecified atom stereocenters. The number of fused-ring (bicyclic) bond motifs is 1. The molecule has 1 aromatic rings. The molecule has 0 aliphatic heterocycles. The van der Waals surface area contributed by atoms with E-state index in [1.165, 1.54) is 0 Å². The Morgan fingerprint density at radius 3 is 1.82 bits per heavy atom. The maximum absolute atomic E-state index is 2.30. The molecule has 0 amide bonds. The highest BCUT2D eigenvalue weighted by Crippen LogP contribution is 2.53. The van der Waals surface area contributed by atoms with Gasteiger partial charge in [0.25, 0.3) is 0 Å². The number of hydrogen-bond donors (Lipinski definition) is 0. The molecule has 11 heavy (non-hydrogen) atoms. The fourth-order valence-electron chi connectivity index (χ4n) is 1.89. The fraction of sp³-hybridized carbons (Fsp3) is 0.455. The van der Waals surface area contributed by atoms with Gasteiger partial charge in [-0.05, 0) is 16.5 Å². The predicted molar refractivity (Wildman–Crippen MR) is 47.7 cm³/mol. The Balaban J connectivity index is 2.31. The maximum Gasteiger partial charge on any atom is 0.0144 e. The summed E-state index contributed by atoms with van der Waals surface area (Å²) in [6, 6.07) is 8.74. The molecule has 0 heteroatoms. The lowest BCUT2D eigenvalue weighted by Crippen LogP contribution is -2.06. The lowest BCUT2D eigenvalue weighted by atomic mass is 9.88. The van der Waals surface area contributed by atoms with Crippen LogP contribution in [0.3, 0.4) is 0 Å². The fourth-order valence-corrected chi connectivity index (χ4v) is 1.89. The molecule has 0 nitrogen and oxygen atoms in total. The second-order valence-corrected chi connectivity index (χ2v) is 4.43. The second kappa shape index (κ2) is 1.88. The molecule has 0 aromatic heterocycles. The standard InChI is InChI=1S/C11H14/c1-11(2,3)10-8-6-4-5-7-9(8)10/h4-7,10H,1-3H3. The Morgan fingerprint density at radius 1 is 1.00 bits per heavy atom. The van der Waals surface area contributed by atoms with E-state index in [-0.39, 0.29) is 0 Å². The smallest absolute Gasteiger partial charge is 0.0144 e. The summed E-state index contributed by atoms with van der Waals surface area (Å²) in [5.41, 5.74) is 3.53. The van der Waals surface area contributed by atoms with Gasteiger partial charge in [0.05, 0.1) is 0 Å². The molecule has 0 fully saturated rings. The molecule has 0 heterocycles. The normalized spacial score (nSPS) is 16.3. The average molecular weight is 146 g/mol. The summed E-state index contributed by atoms with van der Waals surface area (Å²) in [5.74, 6) is 0.734. The second-order valence-electron chi connectivity index (χ2n) is 4.43. The van der Waals surface area contributed by atoms with Gasteiger partial charge in [-0.3, -0.25) is 0 Å². The Hall–Kier alpha value is -0.780. The lowest BCUT2D eigenvalue weighted by Gasteiger charge is -2.16. The van der Waals surface area contributed by atoms with E-state index in [1.54, 1.807) is 11.1 Å². The Labute approximate surface area is 68.3 Å². The number of rotatable bonds is 0. The minimum atomic E-state index is 0.420. The van der Waals surface area contributed by atoms with E-state index in [9.17, 15) is 0 Å². The highest BCUT2D eigenvalue weighted by Gasteiger charge is 2.40. The van der Waals surface area contributed by atoms with E-state index in [4.69, 9.17) is 0 Å². The van der Waals surface area contributed by atoms with Crippen LogP contribution in [0.4, 0.5) is 0 Å². The van der Waals surface area contributed by atoms with Crippen molar-refractivity contribution in [2.75, 3.05) is 0 Å². The highest BCUT2D eigenvalue weighted by molar-refractivity contribution is 5.53. The first-order valence-corrected chi connectivity index (χ1v) is 4.19. The third kappa shape index (κ3) is 0.973. The quantitative estimate of drug-likeness (QED) is 0.527. The van der Waals surface area contributed by atoms with Gasteiger partial charge in [-0.15, -0.1) is 0 Å². The molecule has 0 N–H and O–H groups in total. The number of hydrogen-bond acceptors (Lipinski definition) is 0. The number of benzene rings is 1. The zero-order chi connectivity index (χ0) is 8.06. The van der Waals surface area contributed by atoms with Crippen LogP contribution in [-0.2, 0) is 0 Å². The van der Waals surface area contributed by atoms with Crippen molar-refractivity contribution in [3.63, 3.8) is 0 Å². The monoisotopic (exact) mass is 146 g/mol. The van der Waals surface area contributed by atoms with Gasteiger partial charge in [0.1, 0.15) is 0 Å². The zero-order valence-electron chi connectivity index (χ0n) is 7.39. The molecule has 1 aromatic carbocycles. The van der Waals surface area contributed by atoms with E-state index in [0.29, 0.717) is 5.41 Å². The van der Waals surface area contributed by atoms with Crippen LogP contribution in [0.2, 0.25) is 0 Å². The summed E-state index contributed by atoms with van der Waals surface area (Å²) in [4.78, 5) is 0. The predicted octanol–water partition coefficient (Wildman–Crippen LogP) is 3.18. The van der Waals surface area contributed by atoms with Gasteiger partial charge in [0, 0.05) is 5.92 Å². The molecule has 1 aliphatic rings. The van der Waals surface area contributed by atoms with Crippen molar-refractivity contribution >= 4 is 0 Å². The molecular weight excluding hydrogens is 132 g/mol. The van der Waals surface area contributed by atoms with Gasteiger partial charge in [-0.1, -0.05) is 45.0 Å². The zero-order valence-corrected chi connectivity index (χ0v) is 7.39. The van der Waals surface area contributed by atoms with E-state index in [1.807, 2.05) is 0 Å². The summed E-state index contributed by atoms with van der Waals surface area (Å²) >= 11 is 0. The van der Waals surface area contributed by atoms with E-state index in [2.05, 4.69) is 45.0 Å². The molecule has 58 valence electrons. The summed E-state index contributed by atoms with van der Waals surface area (Å²) in [6.45, 7) is 6.91. The third-order valence-electron chi connectivity index (χ3n) is 2.40. The molecular formula is C11H14. The van der Waals surface area contributed by atoms with Crippen molar-refractivity contribution in [1.29, 1.82) is 0 Å². The first-order chi connectivity index (χ1) is 5.11. The minimum absolute atomic E-state index is 0.420. The summed E-state index contributed by atoms with van der Waals surface area (Å²) in [5, 5.41) is 0. The van der Waals surface area contributed by atoms with Crippen LogP contribution in [0.15, 0.2) is 24.3 Å². The molecule has 2 rings (SSSR count). The molecule has 1 aliphatic carbocycles. The first kappa shape index (κ1) is 6.90. The average Bonchev–Trinajstić information content (AvgIpc) is 2.58. The van der Waals surface area contributed by atoms with Crippen LogP contribution in [0.5, 0.6) is 0 Å². The van der Waals surface area contributed by atoms with Gasteiger partial charge in [-0.2, -0.15) is 0 Å². The molecule has 0 saturated carbocycles. The SMILES string of the molecule is CC(C)(C)C1c2ccccc21. The van der Waals surface area contributed by atoms with Gasteiger partial charge < -0.3 is 0 Å². The summed E-state index contributed by atoms with van der Waals surface area (Å²) in [7, 11) is 0. The van der Waals surface area contributed by atoms with Crippen LogP contribution >= 0.6 is 0 Å². The van der Waals surface area contributed by atoms with Gasteiger partial charge in [-0.25, -0.2) is 0 Å². The molecule has 0 radical (unpaired) electrons. The molecule has 0 saturated heterocycles. The van der Waals surface area contributed by atoms with Gasteiger partial charge >= 0.3 is 0 Å².